The molecule has 26 heavy (non-hydrogen) atoms. The summed E-state index contributed by atoms with van der Waals surface area (Å²) in [5.41, 5.74) is 1.41. The smallest absolute Gasteiger partial charge is 0.252 e. The molecule has 2 fully saturated rings. The third kappa shape index (κ3) is 2.77. The highest BCUT2D eigenvalue weighted by Gasteiger charge is 2.53. The van der Waals surface area contributed by atoms with Crippen LogP contribution in [0.25, 0.3) is 10.9 Å². The van der Waals surface area contributed by atoms with Gasteiger partial charge in [0.05, 0.1) is 23.7 Å². The molecule has 0 unspecified atom stereocenters. The SMILES string of the molecule is N#C[C@@H]1C[C@@H]2C[C@@H]2N1C(=O)CNC(=O)c1ccnc2cc(CF)ccc12. The molecule has 1 saturated carbocycles. The van der Waals surface area contributed by atoms with E-state index in [-0.39, 0.29) is 30.4 Å². The number of hydrogen-bond donors (Lipinski definition) is 1. The summed E-state index contributed by atoms with van der Waals surface area (Å²) in [4.78, 5) is 30.8. The molecule has 0 radical (unpaired) electrons. The van der Waals surface area contributed by atoms with Crippen LogP contribution in [0.15, 0.2) is 30.5 Å². The molecule has 2 amide bonds. The van der Waals surface area contributed by atoms with Gasteiger partial charge in [0, 0.05) is 17.6 Å². The first-order valence-electron chi connectivity index (χ1n) is 8.55. The van der Waals surface area contributed by atoms with Gasteiger partial charge in [-0.15, -0.1) is 0 Å². The number of aromatic nitrogens is 1. The van der Waals surface area contributed by atoms with Crippen molar-refractivity contribution < 1.29 is 14.0 Å². The van der Waals surface area contributed by atoms with E-state index in [1.807, 2.05) is 0 Å². The summed E-state index contributed by atoms with van der Waals surface area (Å²) in [6.45, 7) is -0.743. The average molecular weight is 352 g/mol. The molecule has 2 aromatic rings. The van der Waals surface area contributed by atoms with Gasteiger partial charge < -0.3 is 10.2 Å². The van der Waals surface area contributed by atoms with E-state index < -0.39 is 6.67 Å². The molecular weight excluding hydrogens is 335 g/mol. The number of carbonyl (C=O) groups is 2. The number of likely N-dealkylation sites (tertiary alicyclic amines) is 1. The van der Waals surface area contributed by atoms with Gasteiger partial charge in [-0.1, -0.05) is 12.1 Å². The van der Waals surface area contributed by atoms with E-state index in [4.69, 9.17) is 0 Å². The highest BCUT2D eigenvalue weighted by Crippen LogP contribution is 2.47. The number of pyridine rings is 1. The largest absolute Gasteiger partial charge is 0.343 e. The Morgan fingerprint density at radius 1 is 1.35 bits per heavy atom. The van der Waals surface area contributed by atoms with Crippen LogP contribution in [0, 0.1) is 17.2 Å². The van der Waals surface area contributed by atoms with E-state index in [2.05, 4.69) is 16.4 Å². The first kappa shape index (κ1) is 16.5. The third-order valence-corrected chi connectivity index (χ3v) is 5.15. The molecule has 1 aliphatic heterocycles. The van der Waals surface area contributed by atoms with Crippen molar-refractivity contribution in [2.24, 2.45) is 5.92 Å². The first-order valence-corrected chi connectivity index (χ1v) is 8.55. The van der Waals surface area contributed by atoms with Gasteiger partial charge in [-0.25, -0.2) is 4.39 Å². The number of rotatable bonds is 4. The zero-order chi connectivity index (χ0) is 18.3. The second-order valence-electron chi connectivity index (χ2n) is 6.77. The van der Waals surface area contributed by atoms with E-state index in [1.54, 1.807) is 29.2 Å². The van der Waals surface area contributed by atoms with Crippen LogP contribution in [-0.2, 0) is 11.5 Å². The number of fused-ring (bicyclic) bond motifs is 2. The summed E-state index contributed by atoms with van der Waals surface area (Å²) in [5.74, 6) is -0.181. The molecule has 2 heterocycles. The first-order chi connectivity index (χ1) is 12.6. The second kappa shape index (κ2) is 6.37. The van der Waals surface area contributed by atoms with Gasteiger partial charge in [-0.2, -0.15) is 5.26 Å². The molecule has 2 aliphatic rings. The van der Waals surface area contributed by atoms with Crippen LogP contribution in [-0.4, -0.2) is 40.3 Å². The zero-order valence-corrected chi connectivity index (χ0v) is 14.0. The molecule has 0 bridgehead atoms. The van der Waals surface area contributed by atoms with Gasteiger partial charge in [-0.3, -0.25) is 14.6 Å². The predicted octanol–water partition coefficient (Wildman–Crippen LogP) is 1.95. The van der Waals surface area contributed by atoms with Crippen LogP contribution in [0.3, 0.4) is 0 Å². The molecular formula is C19H17FN4O2. The Hall–Kier alpha value is -3.01. The van der Waals surface area contributed by atoms with Gasteiger partial charge in [0.2, 0.25) is 5.91 Å². The molecule has 7 heteroatoms. The fourth-order valence-corrected chi connectivity index (χ4v) is 3.75. The molecule has 1 aliphatic carbocycles. The summed E-state index contributed by atoms with van der Waals surface area (Å²) in [6, 6.07) is 8.38. The molecule has 1 saturated heterocycles. The molecule has 3 atom stereocenters. The normalized spacial score (nSPS) is 23.4. The fraction of sp³-hybridized carbons (Fsp3) is 0.368. The topological polar surface area (TPSA) is 86.1 Å². The van der Waals surface area contributed by atoms with Gasteiger partial charge in [0.25, 0.3) is 5.91 Å². The number of alkyl halides is 1. The molecule has 0 spiro atoms. The van der Waals surface area contributed by atoms with Crippen LogP contribution in [0.1, 0.15) is 28.8 Å². The molecule has 4 rings (SSSR count). The number of hydrogen-bond acceptors (Lipinski definition) is 4. The van der Waals surface area contributed by atoms with Crippen LogP contribution >= 0.6 is 0 Å². The van der Waals surface area contributed by atoms with Crippen molar-refractivity contribution in [1.29, 1.82) is 5.26 Å². The lowest BCUT2D eigenvalue weighted by atomic mass is 10.1. The number of nitriles is 1. The Bertz CT molecular complexity index is 939. The van der Waals surface area contributed by atoms with Crippen LogP contribution in [0.2, 0.25) is 0 Å². The maximum atomic E-state index is 12.8. The van der Waals surface area contributed by atoms with Gasteiger partial charge in [0.15, 0.2) is 0 Å². The van der Waals surface area contributed by atoms with Gasteiger partial charge >= 0.3 is 0 Å². The summed E-state index contributed by atoms with van der Waals surface area (Å²) in [7, 11) is 0. The van der Waals surface area contributed by atoms with Crippen LogP contribution in [0.4, 0.5) is 4.39 Å². The van der Waals surface area contributed by atoms with Crippen LogP contribution in [0.5, 0.6) is 0 Å². The quantitative estimate of drug-likeness (QED) is 0.911. The van der Waals surface area contributed by atoms with E-state index in [0.29, 0.717) is 27.9 Å². The lowest BCUT2D eigenvalue weighted by Crippen LogP contribution is -2.44. The minimum Gasteiger partial charge on any atom is -0.343 e. The van der Waals surface area contributed by atoms with Crippen molar-refractivity contribution in [3.8, 4) is 6.07 Å². The minimum atomic E-state index is -0.597. The molecule has 132 valence electrons. The minimum absolute atomic E-state index is 0.146. The number of nitrogens with zero attached hydrogens (tertiary/aromatic N) is 3. The Morgan fingerprint density at radius 3 is 2.96 bits per heavy atom. The molecule has 1 aromatic heterocycles. The number of halogens is 1. The van der Waals surface area contributed by atoms with Crippen LogP contribution < -0.4 is 5.32 Å². The lowest BCUT2D eigenvalue weighted by molar-refractivity contribution is -0.131. The van der Waals surface area contributed by atoms with Gasteiger partial charge in [0.1, 0.15) is 12.7 Å². The van der Waals surface area contributed by atoms with Crippen molar-refractivity contribution in [2.45, 2.75) is 31.6 Å². The van der Waals surface area contributed by atoms with Crippen molar-refractivity contribution in [2.75, 3.05) is 6.54 Å². The summed E-state index contributed by atoms with van der Waals surface area (Å²) in [5, 5.41) is 12.4. The Morgan fingerprint density at radius 2 is 2.19 bits per heavy atom. The number of nitrogens with one attached hydrogen (secondary N) is 1. The average Bonchev–Trinajstić information content (AvgIpc) is 3.34. The monoisotopic (exact) mass is 352 g/mol. The Balaban J connectivity index is 1.48. The zero-order valence-electron chi connectivity index (χ0n) is 14.0. The van der Waals surface area contributed by atoms with E-state index in [9.17, 15) is 19.2 Å². The van der Waals surface area contributed by atoms with E-state index in [1.165, 1.54) is 6.20 Å². The summed E-state index contributed by atoms with van der Waals surface area (Å²) in [6.07, 6.45) is 3.17. The van der Waals surface area contributed by atoms with Crippen molar-refractivity contribution in [1.82, 2.24) is 15.2 Å². The predicted molar refractivity (Wildman–Crippen MR) is 91.6 cm³/mol. The summed E-state index contributed by atoms with van der Waals surface area (Å²) >= 11 is 0. The maximum absolute atomic E-state index is 12.8. The second-order valence-corrected chi connectivity index (χ2v) is 6.77. The molecule has 1 N–H and O–H groups in total. The highest BCUT2D eigenvalue weighted by molar-refractivity contribution is 6.07. The van der Waals surface area contributed by atoms with Crippen molar-refractivity contribution >= 4 is 22.7 Å². The number of carbonyl (C=O) groups excluding carboxylic acids is 2. The Kier molecular flexibility index (Phi) is 4.03. The maximum Gasteiger partial charge on any atom is 0.252 e. The van der Waals surface area contributed by atoms with Crippen molar-refractivity contribution in [3.05, 3.63) is 41.6 Å². The van der Waals surface area contributed by atoms with E-state index >= 15 is 0 Å². The number of benzene rings is 1. The van der Waals surface area contributed by atoms with E-state index in [0.717, 1.165) is 12.8 Å². The third-order valence-electron chi connectivity index (χ3n) is 5.15. The molecule has 1 aromatic carbocycles. The van der Waals surface area contributed by atoms with Gasteiger partial charge in [-0.05, 0) is 36.5 Å². The fourth-order valence-electron chi connectivity index (χ4n) is 3.75. The number of piperidine rings is 1. The lowest BCUT2D eigenvalue weighted by Gasteiger charge is -2.22. The van der Waals surface area contributed by atoms with Crippen molar-refractivity contribution in [3.63, 3.8) is 0 Å². The standard InChI is InChI=1S/C19H17FN4O2/c20-8-11-1-2-14-15(3-4-22-16(14)5-11)19(26)23-10-18(25)24-13(9-21)6-12-7-17(12)24/h1-5,12-13,17H,6-8,10H2,(H,23,26)/t12-,13+,17+/m1/s1. The summed E-state index contributed by atoms with van der Waals surface area (Å²) < 4.78 is 12.8. The molecule has 6 nitrogen and oxygen atoms in total. The Labute approximate surface area is 149 Å². The number of amides is 2. The highest BCUT2D eigenvalue weighted by atomic mass is 19.1.